The molecule has 0 spiro atoms. The second-order valence-corrected chi connectivity index (χ2v) is 8.17. The van der Waals surface area contributed by atoms with Gasteiger partial charge in [-0.15, -0.1) is 0 Å². The van der Waals surface area contributed by atoms with E-state index in [-0.39, 0.29) is 59.3 Å². The van der Waals surface area contributed by atoms with Gasteiger partial charge in [-0.2, -0.15) is 19.8 Å². The van der Waals surface area contributed by atoms with E-state index in [1.54, 1.807) is 20.1 Å². The van der Waals surface area contributed by atoms with E-state index >= 15 is 0 Å². The van der Waals surface area contributed by atoms with E-state index in [1.807, 2.05) is 13.8 Å². The molecule has 0 aliphatic heterocycles. The predicted molar refractivity (Wildman–Crippen MR) is 129 cm³/mol. The summed E-state index contributed by atoms with van der Waals surface area (Å²) in [6.45, 7) is 14.7. The predicted octanol–water partition coefficient (Wildman–Crippen LogP) is 3.29. The van der Waals surface area contributed by atoms with E-state index in [0.717, 1.165) is 44.4 Å². The van der Waals surface area contributed by atoms with Crippen molar-refractivity contribution in [1.82, 2.24) is 0 Å². The minimum absolute atomic E-state index is 0. The van der Waals surface area contributed by atoms with Gasteiger partial charge in [0.05, 0.1) is 6.61 Å². The molecule has 0 aromatic carbocycles. The number of hydrogen-bond acceptors (Lipinski definition) is 9. The Bertz CT molecular complexity index is 536. The van der Waals surface area contributed by atoms with Crippen molar-refractivity contribution in [2.24, 2.45) is 5.41 Å². The third-order valence-electron chi connectivity index (χ3n) is 4.00. The number of aliphatic hydroxyl groups excluding tert-OH is 2. The van der Waals surface area contributed by atoms with Crippen LogP contribution in [0.1, 0.15) is 86.5 Å². The maximum Gasteiger partial charge on any atom is 2.00 e. The Kier molecular flexibility index (Phi) is 37.5. The molecule has 0 amide bonds. The Morgan fingerprint density at radius 1 is 1.00 bits per heavy atom. The SMILES string of the molecule is CCCCOC(=O)[C-](C)CC.O=[C-]CCCCCO.[CH2-]C(C)(C)C(=O)OCCOC(=O)C(C)O.[Co+2].[Co]. The quantitative estimate of drug-likeness (QED) is 0.124. The van der Waals surface area contributed by atoms with E-state index < -0.39 is 23.5 Å². The molecule has 0 aromatic heterocycles. The largest absolute Gasteiger partial charge is 2.00 e. The normalized spacial score (nSPS) is 10.4. The van der Waals surface area contributed by atoms with Crippen LogP contribution in [0.15, 0.2) is 0 Å². The van der Waals surface area contributed by atoms with E-state index in [0.29, 0.717) is 13.0 Å². The molecule has 2 radical (unpaired) electrons. The molecule has 0 heterocycles. The first kappa shape index (κ1) is 44.8. The van der Waals surface area contributed by atoms with Gasteiger partial charge in [-0.05, 0) is 19.8 Å². The van der Waals surface area contributed by atoms with Crippen molar-refractivity contribution in [3.63, 3.8) is 0 Å². The first-order valence-electron chi connectivity index (χ1n) is 11.7. The van der Waals surface area contributed by atoms with Crippen molar-refractivity contribution < 1.29 is 77.2 Å². The van der Waals surface area contributed by atoms with E-state index in [2.05, 4.69) is 18.6 Å². The van der Waals surface area contributed by atoms with Crippen LogP contribution >= 0.6 is 0 Å². The Balaban J connectivity index is -0.000000136. The van der Waals surface area contributed by atoms with Crippen LogP contribution in [-0.4, -0.2) is 66.9 Å². The fourth-order valence-corrected chi connectivity index (χ4v) is 1.66. The van der Waals surface area contributed by atoms with E-state index in [9.17, 15) is 19.2 Å². The standard InChI is InChI=1S/C10H17O5.C9H17O2.C6H11O2.2Co/c1-7(11)8(12)14-5-6-15-9(13)10(2,3)4;1-4-6-7-11-9(10)8(3)5-2;7-5-3-1-2-4-6-8;;/h7,11H,2,5-6H2,1,3-4H3;4-7H2,1-3H3;7H,1-5H2;;/q3*-1;;+2. The number of carbonyl (C=O) groups excluding carboxylic acids is 4. The zero-order valence-corrected chi connectivity index (χ0v) is 24.6. The molecule has 1 atom stereocenters. The second kappa shape index (κ2) is 30.1. The number of ether oxygens (including phenoxy) is 3. The molecule has 218 valence electrons. The topological polar surface area (TPSA) is 136 Å². The Morgan fingerprint density at radius 3 is 1.97 bits per heavy atom. The fourth-order valence-electron chi connectivity index (χ4n) is 1.66. The molecule has 2 N–H and O–H groups in total. The fraction of sp³-hybridized carbons (Fsp3) is 0.760. The summed E-state index contributed by atoms with van der Waals surface area (Å²) in [5.41, 5.74) is -0.811. The van der Waals surface area contributed by atoms with Crippen LogP contribution in [0.25, 0.3) is 0 Å². The monoisotopic (exact) mass is 607 g/mol. The summed E-state index contributed by atoms with van der Waals surface area (Å²) >= 11 is 0. The van der Waals surface area contributed by atoms with Crippen molar-refractivity contribution in [1.29, 1.82) is 0 Å². The molecule has 0 fully saturated rings. The molecule has 36 heavy (non-hydrogen) atoms. The van der Waals surface area contributed by atoms with Gasteiger partial charge in [0.2, 0.25) is 0 Å². The van der Waals surface area contributed by atoms with Gasteiger partial charge >= 0.3 is 22.7 Å². The van der Waals surface area contributed by atoms with Gasteiger partial charge in [-0.1, -0.05) is 52.4 Å². The van der Waals surface area contributed by atoms with Gasteiger partial charge in [-0.25, -0.2) is 4.79 Å². The molecule has 0 bridgehead atoms. The average molecular weight is 607 g/mol. The minimum Gasteiger partial charge on any atom is -0.542 e. The van der Waals surface area contributed by atoms with E-state index in [1.165, 1.54) is 6.92 Å². The summed E-state index contributed by atoms with van der Waals surface area (Å²) in [4.78, 5) is 42.5. The average Bonchev–Trinajstić information content (AvgIpc) is 2.79. The molecule has 0 aromatic rings. The summed E-state index contributed by atoms with van der Waals surface area (Å²) in [5, 5.41) is 17.0. The first-order valence-corrected chi connectivity index (χ1v) is 11.7. The Labute approximate surface area is 238 Å². The zero-order valence-electron chi connectivity index (χ0n) is 22.5. The molecule has 0 saturated carbocycles. The molecule has 1 unspecified atom stereocenters. The molecule has 0 aliphatic carbocycles. The number of hydrogen-bond donors (Lipinski definition) is 2. The van der Waals surface area contributed by atoms with Gasteiger partial charge in [0.1, 0.15) is 19.3 Å². The summed E-state index contributed by atoms with van der Waals surface area (Å²) in [7, 11) is 0. The molecule has 0 rings (SSSR count). The Hall–Kier alpha value is -1.12. The molecule has 11 heteroatoms. The second-order valence-electron chi connectivity index (χ2n) is 8.17. The van der Waals surface area contributed by atoms with Crippen molar-refractivity contribution >= 4 is 24.2 Å². The van der Waals surface area contributed by atoms with Gasteiger partial charge in [-0.3, -0.25) is 21.8 Å². The summed E-state index contributed by atoms with van der Waals surface area (Å²) in [5.74, 6) is -0.530. The van der Waals surface area contributed by atoms with Gasteiger partial charge in [0, 0.05) is 23.4 Å². The van der Waals surface area contributed by atoms with Crippen LogP contribution in [0.5, 0.6) is 0 Å². The number of aliphatic hydroxyl groups is 2. The number of carbonyl (C=O) groups is 3. The molecule has 9 nitrogen and oxygen atoms in total. The van der Waals surface area contributed by atoms with Crippen molar-refractivity contribution in [3.8, 4) is 0 Å². The van der Waals surface area contributed by atoms with Crippen LogP contribution in [0.4, 0.5) is 0 Å². The van der Waals surface area contributed by atoms with Crippen molar-refractivity contribution in [2.75, 3.05) is 26.4 Å². The smallest absolute Gasteiger partial charge is 0.542 e. The zero-order chi connectivity index (χ0) is 27.0. The summed E-state index contributed by atoms with van der Waals surface area (Å²) in [6.07, 6.45) is 6.57. The third kappa shape index (κ3) is 32.9. The van der Waals surface area contributed by atoms with Gasteiger partial charge in [0.25, 0.3) is 5.97 Å². The first-order chi connectivity index (χ1) is 15.9. The van der Waals surface area contributed by atoms with Crippen molar-refractivity contribution in [3.05, 3.63) is 12.8 Å². The molecular weight excluding hydrogens is 562 g/mol. The van der Waals surface area contributed by atoms with E-state index in [4.69, 9.17) is 19.7 Å². The number of rotatable bonds is 15. The molecule has 0 saturated heterocycles. The van der Waals surface area contributed by atoms with Gasteiger partial charge in [0.15, 0.2) is 5.97 Å². The number of unbranched alkanes of at least 4 members (excludes halogenated alkanes) is 4. The van der Waals surface area contributed by atoms with Crippen molar-refractivity contribution in [2.45, 2.75) is 92.6 Å². The molecule has 0 aliphatic rings. The molecular formula is C25H45Co2O9-. The minimum atomic E-state index is -1.16. The summed E-state index contributed by atoms with van der Waals surface area (Å²) < 4.78 is 14.3. The van der Waals surface area contributed by atoms with Crippen LogP contribution in [-0.2, 0) is 66.9 Å². The van der Waals surface area contributed by atoms with Crippen LogP contribution in [0, 0.1) is 18.3 Å². The van der Waals surface area contributed by atoms with Crippen LogP contribution in [0.2, 0.25) is 0 Å². The van der Waals surface area contributed by atoms with Gasteiger partial charge < -0.3 is 36.1 Å². The summed E-state index contributed by atoms with van der Waals surface area (Å²) in [6, 6.07) is 0. The third-order valence-corrected chi connectivity index (χ3v) is 4.00. The maximum atomic E-state index is 11.2. The maximum absolute atomic E-state index is 11.2. The van der Waals surface area contributed by atoms with Crippen LogP contribution < -0.4 is 0 Å². The number of esters is 3. The van der Waals surface area contributed by atoms with Crippen LogP contribution in [0.3, 0.4) is 0 Å². The Morgan fingerprint density at radius 2 is 1.56 bits per heavy atom.